The van der Waals surface area contributed by atoms with Gasteiger partial charge in [0, 0.05) is 61.7 Å². The normalized spacial score (nSPS) is 26.3. The summed E-state index contributed by atoms with van der Waals surface area (Å²) in [7, 11) is -4.61. The molecule has 0 bridgehead atoms. The number of aryl methyl sites for hydroxylation is 1. The number of nitro benzene ring substituents is 1. The van der Waals surface area contributed by atoms with E-state index in [0.29, 0.717) is 79.4 Å². The summed E-state index contributed by atoms with van der Waals surface area (Å²) in [6, 6.07) is 22.8. The maximum absolute atomic E-state index is 14.7. The summed E-state index contributed by atoms with van der Waals surface area (Å²) in [5, 5.41) is 26.8. The molecular weight excluding hydrogens is 933 g/mol. The van der Waals surface area contributed by atoms with Crippen LogP contribution in [0, 0.1) is 33.8 Å². The second-order valence-electron chi connectivity index (χ2n) is 22.9. The Bertz CT molecular complexity index is 2990. The van der Waals surface area contributed by atoms with Crippen molar-refractivity contribution in [1.82, 2.24) is 19.6 Å². The Balaban J connectivity index is 0.866. The van der Waals surface area contributed by atoms with E-state index in [4.69, 9.17) is 14.5 Å². The minimum atomic E-state index is -4.61. The number of aliphatic hydroxyl groups is 1. The van der Waals surface area contributed by atoms with Crippen LogP contribution in [0.4, 0.5) is 28.4 Å². The minimum Gasteiger partial charge on any atom is -0.468 e. The molecule has 4 N–H and O–H groups in total. The van der Waals surface area contributed by atoms with Crippen LogP contribution >= 0.6 is 0 Å². The predicted octanol–water partition coefficient (Wildman–Crippen LogP) is 9.55. The number of hydrogen-bond acceptors (Lipinski definition) is 13. The number of likely N-dealkylation sites (tertiary alicyclic amines) is 1. The number of rotatable bonds is 11. The number of nitro groups is 1. The summed E-state index contributed by atoms with van der Waals surface area (Å²) >= 11 is 0. The van der Waals surface area contributed by atoms with Crippen LogP contribution < -0.4 is 24.6 Å². The molecule has 4 aliphatic heterocycles. The van der Waals surface area contributed by atoms with E-state index in [-0.39, 0.29) is 28.6 Å². The van der Waals surface area contributed by atoms with Crippen molar-refractivity contribution < 1.29 is 32.7 Å². The molecule has 0 unspecified atom stereocenters. The van der Waals surface area contributed by atoms with Crippen molar-refractivity contribution in [2.75, 3.05) is 54.5 Å². The molecule has 6 aliphatic rings. The molecule has 3 atom stereocenters. The third-order valence-electron chi connectivity index (χ3n) is 17.3. The molecule has 2 aromatic heterocycles. The molecule has 5 fully saturated rings. The second kappa shape index (κ2) is 18.6. The molecule has 16 nitrogen and oxygen atoms in total. The molecule has 1 amide bonds. The number of hydrogen-bond donors (Lipinski definition) is 4. The first-order valence-electron chi connectivity index (χ1n) is 26.0. The zero-order chi connectivity index (χ0) is 50.2. The highest BCUT2D eigenvalue weighted by molar-refractivity contribution is 7.90. The van der Waals surface area contributed by atoms with Crippen LogP contribution in [0.5, 0.6) is 5.88 Å². The largest absolute Gasteiger partial charge is 0.468 e. The number of ether oxygens (including phenoxy) is 2. The molecule has 1 spiro atoms. The van der Waals surface area contributed by atoms with Crippen LogP contribution in [0.2, 0.25) is 0 Å². The van der Waals surface area contributed by atoms with Gasteiger partial charge < -0.3 is 34.7 Å². The van der Waals surface area contributed by atoms with Crippen LogP contribution in [0.15, 0.2) is 83.9 Å². The summed E-state index contributed by atoms with van der Waals surface area (Å²) in [6.07, 6.45) is 11.6. The van der Waals surface area contributed by atoms with Gasteiger partial charge in [0.15, 0.2) is 0 Å². The van der Waals surface area contributed by atoms with Gasteiger partial charge in [0.05, 0.1) is 39.3 Å². The lowest BCUT2D eigenvalue weighted by molar-refractivity contribution is -0.384. The predicted molar refractivity (Wildman–Crippen MR) is 278 cm³/mol. The van der Waals surface area contributed by atoms with Crippen molar-refractivity contribution in [2.24, 2.45) is 16.7 Å². The second-order valence-corrected chi connectivity index (χ2v) is 24.5. The van der Waals surface area contributed by atoms with Crippen molar-refractivity contribution in [3.63, 3.8) is 0 Å². The lowest BCUT2D eigenvalue weighted by Crippen LogP contribution is -2.57. The number of nitrogens with zero attached hydrogens (tertiary/aromatic N) is 5. The highest BCUT2D eigenvalue weighted by atomic mass is 32.2. The average Bonchev–Trinajstić information content (AvgIpc) is 3.81. The average molecular weight is 1000 g/mol. The number of anilines is 4. The molecule has 2 aliphatic carbocycles. The number of carbonyl (C=O) groups is 1. The third-order valence-corrected chi connectivity index (χ3v) is 18.6. The molecule has 11 rings (SSSR count). The van der Waals surface area contributed by atoms with Gasteiger partial charge in [0.1, 0.15) is 23.1 Å². The zero-order valence-corrected chi connectivity index (χ0v) is 42.7. The number of benzene rings is 3. The number of H-pyrrole nitrogens is 1. The summed E-state index contributed by atoms with van der Waals surface area (Å²) in [5.41, 5.74) is 5.31. The van der Waals surface area contributed by atoms with E-state index < -0.39 is 43.1 Å². The SMILES string of the molecule is Cc1ccccc1[C@@H]1CC(C)(C)CCN1C1CC2(CCN(c3ccc(C(=O)NS(=O)(=O)c4ccc(NCC5CCC(C)(O)CC5)c([N+](=O)[O-])c4)c(N4c5cc6cc[nH]c6nc5O[C@H]5COCC[C@@H]54)c3)CC2)C1. The van der Waals surface area contributed by atoms with E-state index in [2.05, 4.69) is 74.8 Å². The van der Waals surface area contributed by atoms with E-state index >= 15 is 0 Å². The van der Waals surface area contributed by atoms with E-state index in [1.807, 2.05) is 37.4 Å². The maximum Gasteiger partial charge on any atom is 0.293 e. The molecule has 72 heavy (non-hydrogen) atoms. The Morgan fingerprint density at radius 2 is 1.71 bits per heavy atom. The van der Waals surface area contributed by atoms with Gasteiger partial charge >= 0.3 is 0 Å². The molecular formula is C55H68N8O8S. The Morgan fingerprint density at radius 1 is 0.931 bits per heavy atom. The lowest BCUT2D eigenvalue weighted by Gasteiger charge is -2.59. The highest BCUT2D eigenvalue weighted by Gasteiger charge is 2.51. The quantitative estimate of drug-likeness (QED) is 0.0722. The van der Waals surface area contributed by atoms with Gasteiger partial charge in [-0.1, -0.05) is 38.1 Å². The number of nitrogens with one attached hydrogen (secondary N) is 3. The summed E-state index contributed by atoms with van der Waals surface area (Å²) in [4.78, 5) is 41.4. The zero-order valence-electron chi connectivity index (χ0n) is 41.9. The minimum absolute atomic E-state index is 0.122. The summed E-state index contributed by atoms with van der Waals surface area (Å²) in [6.45, 7) is 12.9. The van der Waals surface area contributed by atoms with Crippen molar-refractivity contribution in [3.8, 4) is 5.88 Å². The van der Waals surface area contributed by atoms with Gasteiger partial charge in [-0.3, -0.25) is 19.8 Å². The number of piperidine rings is 2. The van der Waals surface area contributed by atoms with Gasteiger partial charge in [-0.15, -0.1) is 0 Å². The number of amides is 1. The van der Waals surface area contributed by atoms with E-state index in [1.54, 1.807) is 6.07 Å². The number of fused-ring (bicyclic) bond motifs is 3. The summed E-state index contributed by atoms with van der Waals surface area (Å²) in [5.74, 6) is -0.297. The first kappa shape index (κ1) is 48.5. The van der Waals surface area contributed by atoms with Crippen molar-refractivity contribution in [2.45, 2.75) is 133 Å². The van der Waals surface area contributed by atoms with Crippen LogP contribution in [-0.2, 0) is 14.8 Å². The maximum atomic E-state index is 14.7. The Morgan fingerprint density at radius 3 is 2.47 bits per heavy atom. The van der Waals surface area contributed by atoms with Crippen LogP contribution in [0.1, 0.15) is 119 Å². The van der Waals surface area contributed by atoms with Crippen molar-refractivity contribution >= 4 is 55.4 Å². The Hall–Kier alpha value is -5.75. The first-order valence-corrected chi connectivity index (χ1v) is 27.5. The monoisotopic (exact) mass is 1000 g/mol. The molecule has 3 saturated heterocycles. The fourth-order valence-corrected chi connectivity index (χ4v) is 13.9. The Kier molecular flexibility index (Phi) is 12.6. The lowest BCUT2D eigenvalue weighted by atomic mass is 9.59. The third kappa shape index (κ3) is 9.41. The van der Waals surface area contributed by atoms with Crippen LogP contribution in [0.25, 0.3) is 11.0 Å². The van der Waals surface area contributed by atoms with Crippen molar-refractivity contribution in [1.29, 1.82) is 0 Å². The molecule has 0 radical (unpaired) electrons. The van der Waals surface area contributed by atoms with Crippen molar-refractivity contribution in [3.05, 3.63) is 106 Å². The molecule has 382 valence electrons. The molecule has 17 heteroatoms. The number of aromatic nitrogens is 2. The van der Waals surface area contributed by atoms with Crippen LogP contribution in [-0.4, -0.2) is 102 Å². The molecule has 3 aromatic carbocycles. The number of aromatic amines is 1. The number of sulfonamides is 1. The van der Waals surface area contributed by atoms with Gasteiger partial charge in [-0.05, 0) is 161 Å². The smallest absolute Gasteiger partial charge is 0.293 e. The Labute approximate surface area is 422 Å². The fourth-order valence-electron chi connectivity index (χ4n) is 12.9. The van der Waals surface area contributed by atoms with Gasteiger partial charge in [0.2, 0.25) is 5.88 Å². The highest BCUT2D eigenvalue weighted by Crippen LogP contribution is 2.55. The van der Waals surface area contributed by atoms with Gasteiger partial charge in [-0.25, -0.2) is 13.1 Å². The van der Waals surface area contributed by atoms with E-state index in [1.165, 1.54) is 42.5 Å². The van der Waals surface area contributed by atoms with E-state index in [9.17, 15) is 28.4 Å². The van der Waals surface area contributed by atoms with Gasteiger partial charge in [0.25, 0.3) is 21.6 Å². The number of carbonyl (C=O) groups excluding carboxylic acids is 1. The first-order chi connectivity index (χ1) is 34.4. The standard InChI is InChI=1S/C55H68N8O8S/c1-35-7-5-6-8-41(35)48-32-53(2,3)19-25-61(48)39-30-55(31-39)20-23-60(24-21-55)38-9-11-42(45(28-38)62-44-16-26-70-34-49(44)71-52-47(62)27-37-15-22-56-50(37)58-52)51(64)59-72(68,69)40-10-12-43(46(29-40)63(66)67)57-33-36-13-17-54(4,65)18-14-36/h5-12,15,22,27-29,36,39,44,48-49,57,65H,13-14,16-21,23-26,30-34H2,1-4H3,(H,56,58)(H,59,64)/t36?,44-,48-,49-,54?/m0/s1. The molecule has 2 saturated carbocycles. The van der Waals surface area contributed by atoms with E-state index in [0.717, 1.165) is 68.9 Å². The number of pyridine rings is 1. The summed E-state index contributed by atoms with van der Waals surface area (Å²) < 4.78 is 43.1. The van der Waals surface area contributed by atoms with Gasteiger partial charge in [-0.2, -0.15) is 4.98 Å². The molecule has 6 heterocycles. The van der Waals surface area contributed by atoms with Crippen LogP contribution in [0.3, 0.4) is 0 Å². The topological polar surface area (TPSA) is 196 Å². The fraction of sp³-hybridized carbons (Fsp3) is 0.527. The molecule has 5 aromatic rings.